The van der Waals surface area contributed by atoms with Gasteiger partial charge in [-0.3, -0.25) is 19.3 Å². The van der Waals surface area contributed by atoms with Crippen molar-refractivity contribution in [3.05, 3.63) is 30.1 Å². The Morgan fingerprint density at radius 3 is 2.62 bits per heavy atom. The summed E-state index contributed by atoms with van der Waals surface area (Å²) in [4.78, 5) is 48.8. The lowest BCUT2D eigenvalue weighted by Gasteiger charge is -2.19. The quantitative estimate of drug-likeness (QED) is 0.604. The molecule has 1 saturated heterocycles. The van der Waals surface area contributed by atoms with Crippen molar-refractivity contribution >= 4 is 29.5 Å². The zero-order chi connectivity index (χ0) is 18.7. The van der Waals surface area contributed by atoms with Gasteiger partial charge in [0.2, 0.25) is 0 Å². The first kappa shape index (κ1) is 17.8. The molecule has 4 amide bonds. The van der Waals surface area contributed by atoms with Crippen LogP contribution in [0.25, 0.3) is 0 Å². The van der Waals surface area contributed by atoms with Gasteiger partial charge < -0.3 is 15.4 Å². The molecule has 1 aliphatic carbocycles. The van der Waals surface area contributed by atoms with Crippen LogP contribution in [0.3, 0.4) is 0 Å². The number of carbonyl (C=O) groups is 4. The zero-order valence-corrected chi connectivity index (χ0v) is 13.9. The lowest BCUT2D eigenvalue weighted by molar-refractivity contribution is -0.150. The summed E-state index contributed by atoms with van der Waals surface area (Å²) in [5.41, 5.74) is -0.939. The minimum atomic E-state index is -0.903. The number of benzene rings is 1. The maximum Gasteiger partial charge on any atom is 0.326 e. The van der Waals surface area contributed by atoms with E-state index in [1.165, 1.54) is 18.2 Å². The smallest absolute Gasteiger partial charge is 0.326 e. The predicted octanol–water partition coefficient (Wildman–Crippen LogP) is 1.17. The number of anilines is 1. The number of halogens is 1. The summed E-state index contributed by atoms with van der Waals surface area (Å²) >= 11 is 0. The molecule has 0 atom stereocenters. The van der Waals surface area contributed by atoms with Gasteiger partial charge in [-0.2, -0.15) is 0 Å². The molecule has 1 aliphatic heterocycles. The summed E-state index contributed by atoms with van der Waals surface area (Å²) in [5, 5.41) is 4.91. The third-order valence-corrected chi connectivity index (χ3v) is 4.50. The molecule has 1 spiro atoms. The molecule has 0 aromatic heterocycles. The van der Waals surface area contributed by atoms with Crippen LogP contribution < -0.4 is 10.6 Å². The van der Waals surface area contributed by atoms with Crippen LogP contribution in [0, 0.1) is 5.82 Å². The van der Waals surface area contributed by atoms with Crippen molar-refractivity contribution in [1.82, 2.24) is 10.2 Å². The van der Waals surface area contributed by atoms with E-state index in [1.54, 1.807) is 6.07 Å². The number of amides is 4. The van der Waals surface area contributed by atoms with E-state index in [1.807, 2.05) is 0 Å². The molecule has 26 heavy (non-hydrogen) atoms. The molecule has 1 aromatic carbocycles. The summed E-state index contributed by atoms with van der Waals surface area (Å²) in [5.74, 6) is -2.68. The Morgan fingerprint density at radius 1 is 1.23 bits per heavy atom. The van der Waals surface area contributed by atoms with Crippen molar-refractivity contribution in [3.8, 4) is 0 Å². The number of urea groups is 1. The van der Waals surface area contributed by atoms with Crippen LogP contribution >= 0.6 is 0 Å². The lowest BCUT2D eigenvalue weighted by Crippen LogP contribution is -2.44. The second-order valence-corrected chi connectivity index (χ2v) is 6.30. The van der Waals surface area contributed by atoms with E-state index >= 15 is 0 Å². The van der Waals surface area contributed by atoms with Gasteiger partial charge in [-0.15, -0.1) is 0 Å². The largest absolute Gasteiger partial charge is 0.454 e. The molecule has 2 aliphatic rings. The van der Waals surface area contributed by atoms with Crippen LogP contribution in [0.2, 0.25) is 0 Å². The van der Waals surface area contributed by atoms with E-state index < -0.39 is 48.3 Å². The lowest BCUT2D eigenvalue weighted by atomic mass is 9.98. The molecule has 0 unspecified atom stereocenters. The van der Waals surface area contributed by atoms with Crippen LogP contribution in [0.15, 0.2) is 24.3 Å². The Labute approximate surface area is 148 Å². The Morgan fingerprint density at radius 2 is 1.92 bits per heavy atom. The summed E-state index contributed by atoms with van der Waals surface area (Å²) in [6, 6.07) is 4.92. The fourth-order valence-electron chi connectivity index (χ4n) is 3.21. The van der Waals surface area contributed by atoms with Crippen LogP contribution in [0.4, 0.5) is 14.9 Å². The number of ether oxygens (including phenoxy) is 1. The van der Waals surface area contributed by atoms with E-state index in [9.17, 15) is 23.6 Å². The Balaban J connectivity index is 1.50. The monoisotopic (exact) mass is 363 g/mol. The number of nitrogens with one attached hydrogen (secondary N) is 2. The summed E-state index contributed by atoms with van der Waals surface area (Å²) in [7, 11) is 0. The maximum atomic E-state index is 13.4. The first-order valence-electron chi connectivity index (χ1n) is 8.25. The van der Waals surface area contributed by atoms with Gasteiger partial charge >= 0.3 is 12.0 Å². The van der Waals surface area contributed by atoms with E-state index in [-0.39, 0.29) is 5.69 Å². The number of nitrogens with zero attached hydrogens (tertiary/aromatic N) is 1. The highest BCUT2D eigenvalue weighted by Crippen LogP contribution is 2.34. The molecule has 1 heterocycles. The van der Waals surface area contributed by atoms with Gasteiger partial charge in [0.25, 0.3) is 11.8 Å². The summed E-state index contributed by atoms with van der Waals surface area (Å²) < 4.78 is 18.2. The average molecular weight is 363 g/mol. The maximum absolute atomic E-state index is 13.4. The summed E-state index contributed by atoms with van der Waals surface area (Å²) in [6.45, 7) is -1.22. The van der Waals surface area contributed by atoms with E-state index in [0.717, 1.165) is 17.7 Å². The highest BCUT2D eigenvalue weighted by Gasteiger charge is 2.52. The molecule has 2 N–H and O–H groups in total. The van der Waals surface area contributed by atoms with Crippen LogP contribution in [-0.4, -0.2) is 47.4 Å². The Bertz CT molecular complexity index is 761. The minimum Gasteiger partial charge on any atom is -0.454 e. The van der Waals surface area contributed by atoms with Crippen molar-refractivity contribution in [3.63, 3.8) is 0 Å². The van der Waals surface area contributed by atoms with Crippen LogP contribution in [-0.2, 0) is 19.1 Å². The number of carbonyl (C=O) groups excluding carboxylic acids is 4. The number of hydrogen-bond acceptors (Lipinski definition) is 5. The molecule has 1 saturated carbocycles. The third-order valence-electron chi connectivity index (χ3n) is 4.50. The van der Waals surface area contributed by atoms with Gasteiger partial charge in [-0.1, -0.05) is 25.0 Å². The first-order valence-corrected chi connectivity index (χ1v) is 8.25. The number of imide groups is 1. The Kier molecular flexibility index (Phi) is 4.88. The van der Waals surface area contributed by atoms with Gasteiger partial charge in [0.05, 0.1) is 5.69 Å². The first-order chi connectivity index (χ1) is 12.4. The molecule has 3 rings (SSSR count). The average Bonchev–Trinajstić information content (AvgIpc) is 3.16. The molecule has 8 nitrogen and oxygen atoms in total. The fourth-order valence-corrected chi connectivity index (χ4v) is 3.21. The van der Waals surface area contributed by atoms with Crippen molar-refractivity contribution in [1.29, 1.82) is 0 Å². The number of rotatable bonds is 5. The second-order valence-electron chi connectivity index (χ2n) is 6.30. The van der Waals surface area contributed by atoms with Crippen LogP contribution in [0.1, 0.15) is 25.7 Å². The Hall–Kier alpha value is -2.97. The van der Waals surface area contributed by atoms with Crippen molar-refractivity contribution in [2.75, 3.05) is 18.5 Å². The normalized spacial score (nSPS) is 18.1. The number of esters is 1. The van der Waals surface area contributed by atoms with Gasteiger partial charge in [0.15, 0.2) is 6.61 Å². The SMILES string of the molecule is O=C(COC(=O)CN1C(=O)NC2(CCCC2)C1=O)Nc1ccccc1F. The third kappa shape index (κ3) is 3.51. The molecule has 9 heteroatoms. The fraction of sp³-hybridized carbons (Fsp3) is 0.412. The van der Waals surface area contributed by atoms with Gasteiger partial charge in [0.1, 0.15) is 17.9 Å². The molecule has 0 radical (unpaired) electrons. The molecular weight excluding hydrogens is 345 g/mol. The molecule has 1 aromatic rings. The predicted molar refractivity (Wildman–Crippen MR) is 87.4 cm³/mol. The van der Waals surface area contributed by atoms with Crippen molar-refractivity contribution in [2.45, 2.75) is 31.2 Å². The van der Waals surface area contributed by atoms with Gasteiger partial charge in [0, 0.05) is 0 Å². The molecule has 0 bridgehead atoms. The summed E-state index contributed by atoms with van der Waals surface area (Å²) in [6.07, 6.45) is 2.77. The molecule has 2 fully saturated rings. The molecular formula is C17H18FN3O5. The van der Waals surface area contributed by atoms with Gasteiger partial charge in [-0.25, -0.2) is 9.18 Å². The number of para-hydroxylation sites is 1. The van der Waals surface area contributed by atoms with Crippen molar-refractivity contribution < 1.29 is 28.3 Å². The van der Waals surface area contributed by atoms with E-state index in [4.69, 9.17) is 4.74 Å². The van der Waals surface area contributed by atoms with E-state index in [2.05, 4.69) is 10.6 Å². The second kappa shape index (κ2) is 7.11. The van der Waals surface area contributed by atoms with Crippen molar-refractivity contribution in [2.24, 2.45) is 0 Å². The highest BCUT2D eigenvalue weighted by molar-refractivity contribution is 6.09. The minimum absolute atomic E-state index is 0.0363. The zero-order valence-electron chi connectivity index (χ0n) is 13.9. The highest BCUT2D eigenvalue weighted by atomic mass is 19.1. The standard InChI is InChI=1S/C17H18FN3O5/c18-11-5-1-2-6-12(11)19-13(22)10-26-14(23)9-21-15(24)17(20-16(21)25)7-3-4-8-17/h1-2,5-6H,3-4,7-10H2,(H,19,22)(H,20,25). The van der Waals surface area contributed by atoms with Crippen LogP contribution in [0.5, 0.6) is 0 Å². The van der Waals surface area contributed by atoms with Gasteiger partial charge in [-0.05, 0) is 25.0 Å². The number of hydrogen-bond donors (Lipinski definition) is 2. The molecule has 138 valence electrons. The van der Waals surface area contributed by atoms with E-state index in [0.29, 0.717) is 12.8 Å². The topological polar surface area (TPSA) is 105 Å².